The predicted molar refractivity (Wildman–Crippen MR) is 83.4 cm³/mol. The Labute approximate surface area is 122 Å². The summed E-state index contributed by atoms with van der Waals surface area (Å²) in [5, 5.41) is 3.55. The Balaban J connectivity index is 1.73. The number of para-hydroxylation sites is 1. The molecule has 2 heterocycles. The van der Waals surface area contributed by atoms with Crippen molar-refractivity contribution in [2.45, 2.75) is 26.2 Å². The molecule has 3 rings (SSSR count). The lowest BCUT2D eigenvalue weighted by Crippen LogP contribution is -2.48. The van der Waals surface area contributed by atoms with Gasteiger partial charge in [0, 0.05) is 37.3 Å². The van der Waals surface area contributed by atoms with Crippen molar-refractivity contribution >= 4 is 5.69 Å². The quantitative estimate of drug-likeness (QED) is 0.892. The van der Waals surface area contributed by atoms with Gasteiger partial charge in [-0.05, 0) is 37.4 Å². The molecule has 0 aliphatic carbocycles. The van der Waals surface area contributed by atoms with Crippen molar-refractivity contribution in [3.05, 3.63) is 29.8 Å². The van der Waals surface area contributed by atoms with Crippen LogP contribution in [-0.4, -0.2) is 39.4 Å². The zero-order valence-corrected chi connectivity index (χ0v) is 12.5. The first-order chi connectivity index (χ1) is 9.83. The van der Waals surface area contributed by atoms with Gasteiger partial charge >= 0.3 is 0 Å². The molecule has 0 spiro atoms. The summed E-state index contributed by atoms with van der Waals surface area (Å²) in [6, 6.07) is 8.85. The largest absolute Gasteiger partial charge is 0.381 e. The highest BCUT2D eigenvalue weighted by Crippen LogP contribution is 2.34. The van der Waals surface area contributed by atoms with Gasteiger partial charge in [0.05, 0.1) is 6.61 Å². The van der Waals surface area contributed by atoms with Crippen molar-refractivity contribution < 1.29 is 4.74 Å². The normalized spacial score (nSPS) is 25.8. The molecular weight excluding hydrogens is 248 g/mol. The molecule has 1 fully saturated rings. The molecule has 110 valence electrons. The summed E-state index contributed by atoms with van der Waals surface area (Å²) in [5.41, 5.74) is 3.22. The molecule has 2 aliphatic rings. The van der Waals surface area contributed by atoms with Crippen molar-refractivity contribution in [1.82, 2.24) is 5.32 Å². The van der Waals surface area contributed by atoms with Crippen molar-refractivity contribution in [2.24, 2.45) is 5.41 Å². The first kappa shape index (κ1) is 13.9. The van der Waals surface area contributed by atoms with Crippen LogP contribution in [0.1, 0.15) is 25.3 Å². The number of rotatable bonds is 5. The van der Waals surface area contributed by atoms with Crippen molar-refractivity contribution in [3.63, 3.8) is 0 Å². The molecule has 3 nitrogen and oxygen atoms in total. The van der Waals surface area contributed by atoms with E-state index in [1.54, 1.807) is 0 Å². The maximum absolute atomic E-state index is 5.81. The van der Waals surface area contributed by atoms with Crippen molar-refractivity contribution in [1.29, 1.82) is 0 Å². The maximum atomic E-state index is 5.81. The molecular formula is C17H26N2O. The number of anilines is 1. The van der Waals surface area contributed by atoms with Gasteiger partial charge in [0.2, 0.25) is 0 Å². The average molecular weight is 274 g/mol. The van der Waals surface area contributed by atoms with Crippen molar-refractivity contribution in [2.75, 3.05) is 44.3 Å². The fraction of sp³-hybridized carbons (Fsp3) is 0.647. The number of nitrogens with zero attached hydrogens (tertiary/aromatic N) is 1. The van der Waals surface area contributed by atoms with E-state index in [2.05, 4.69) is 41.4 Å². The zero-order chi connectivity index (χ0) is 13.8. The molecule has 0 amide bonds. The lowest BCUT2D eigenvalue weighted by atomic mass is 9.81. The third-order valence-electron chi connectivity index (χ3n) is 4.66. The van der Waals surface area contributed by atoms with Crippen LogP contribution in [0.5, 0.6) is 0 Å². The summed E-state index contributed by atoms with van der Waals surface area (Å²) < 4.78 is 5.81. The summed E-state index contributed by atoms with van der Waals surface area (Å²) in [4.78, 5) is 2.57. The molecule has 2 aliphatic heterocycles. The minimum absolute atomic E-state index is 0.283. The molecule has 3 heteroatoms. The molecule has 1 aromatic carbocycles. The molecule has 1 saturated heterocycles. The summed E-state index contributed by atoms with van der Waals surface area (Å²) in [7, 11) is 0. The Bertz CT molecular complexity index is 440. The molecule has 0 saturated carbocycles. The van der Waals surface area contributed by atoms with Crippen LogP contribution < -0.4 is 10.2 Å². The highest BCUT2D eigenvalue weighted by molar-refractivity contribution is 5.58. The molecule has 1 aromatic rings. The minimum Gasteiger partial charge on any atom is -0.381 e. The van der Waals surface area contributed by atoms with Gasteiger partial charge in [0.25, 0.3) is 0 Å². The number of ether oxygens (including phenoxy) is 1. The molecule has 0 radical (unpaired) electrons. The van der Waals surface area contributed by atoms with Crippen molar-refractivity contribution in [3.8, 4) is 0 Å². The number of nitrogens with one attached hydrogen (secondary N) is 1. The molecule has 1 atom stereocenters. The maximum Gasteiger partial charge on any atom is 0.0551 e. The Morgan fingerprint density at radius 3 is 3.05 bits per heavy atom. The highest BCUT2D eigenvalue weighted by atomic mass is 16.5. The number of benzene rings is 1. The second-order valence-corrected chi connectivity index (χ2v) is 6.24. The van der Waals surface area contributed by atoms with Gasteiger partial charge in [-0.15, -0.1) is 0 Å². The van der Waals surface area contributed by atoms with E-state index in [0.717, 1.165) is 39.4 Å². The topological polar surface area (TPSA) is 24.5 Å². The smallest absolute Gasteiger partial charge is 0.0551 e. The Kier molecular flexibility index (Phi) is 4.27. The Morgan fingerprint density at radius 1 is 1.35 bits per heavy atom. The van der Waals surface area contributed by atoms with E-state index in [1.165, 1.54) is 30.5 Å². The summed E-state index contributed by atoms with van der Waals surface area (Å²) in [6.45, 7) is 8.41. The van der Waals surface area contributed by atoms with Gasteiger partial charge < -0.3 is 15.0 Å². The van der Waals surface area contributed by atoms with E-state index in [9.17, 15) is 0 Å². The van der Waals surface area contributed by atoms with Gasteiger partial charge in [0.15, 0.2) is 0 Å². The summed E-state index contributed by atoms with van der Waals surface area (Å²) in [6.07, 6.45) is 3.66. The monoisotopic (exact) mass is 274 g/mol. The second kappa shape index (κ2) is 6.15. The molecule has 1 unspecified atom stereocenters. The zero-order valence-electron chi connectivity index (χ0n) is 12.5. The van der Waals surface area contributed by atoms with Crippen LogP contribution in [0.2, 0.25) is 0 Å². The number of hydrogen-bond acceptors (Lipinski definition) is 3. The van der Waals surface area contributed by atoms with Crippen LogP contribution >= 0.6 is 0 Å². The first-order valence-corrected chi connectivity index (χ1v) is 7.94. The standard InChI is InChI=1S/C17H26N2O/c1-2-18-12-17(9-5-11-20-14-17)13-19-10-8-15-6-3-4-7-16(15)19/h3-4,6-7,18H,2,5,8-14H2,1H3. The SMILES string of the molecule is CCNCC1(CN2CCc3ccccc32)CCCOC1. The summed E-state index contributed by atoms with van der Waals surface area (Å²) in [5.74, 6) is 0. The van der Waals surface area contributed by atoms with Gasteiger partial charge in [-0.2, -0.15) is 0 Å². The fourth-order valence-electron chi connectivity index (χ4n) is 3.60. The molecule has 0 bridgehead atoms. The van der Waals surface area contributed by atoms with Crippen LogP contribution in [0.15, 0.2) is 24.3 Å². The van der Waals surface area contributed by atoms with Crippen LogP contribution in [0, 0.1) is 5.41 Å². The third kappa shape index (κ3) is 2.84. The number of fused-ring (bicyclic) bond motifs is 1. The Hall–Kier alpha value is -1.06. The highest BCUT2D eigenvalue weighted by Gasteiger charge is 2.36. The number of hydrogen-bond donors (Lipinski definition) is 1. The van der Waals surface area contributed by atoms with Crippen LogP contribution in [-0.2, 0) is 11.2 Å². The minimum atomic E-state index is 0.283. The Morgan fingerprint density at radius 2 is 2.25 bits per heavy atom. The third-order valence-corrected chi connectivity index (χ3v) is 4.66. The van der Waals surface area contributed by atoms with E-state index < -0.39 is 0 Å². The lowest BCUT2D eigenvalue weighted by Gasteiger charge is -2.40. The molecule has 1 N–H and O–H groups in total. The van der Waals surface area contributed by atoms with E-state index in [-0.39, 0.29) is 5.41 Å². The van der Waals surface area contributed by atoms with E-state index in [4.69, 9.17) is 4.74 Å². The van der Waals surface area contributed by atoms with Gasteiger partial charge in [-0.25, -0.2) is 0 Å². The van der Waals surface area contributed by atoms with Gasteiger partial charge in [-0.3, -0.25) is 0 Å². The fourth-order valence-corrected chi connectivity index (χ4v) is 3.60. The summed E-state index contributed by atoms with van der Waals surface area (Å²) >= 11 is 0. The van der Waals surface area contributed by atoms with E-state index in [1.807, 2.05) is 0 Å². The second-order valence-electron chi connectivity index (χ2n) is 6.24. The molecule has 0 aromatic heterocycles. The molecule has 20 heavy (non-hydrogen) atoms. The van der Waals surface area contributed by atoms with Crippen LogP contribution in [0.4, 0.5) is 5.69 Å². The van der Waals surface area contributed by atoms with Gasteiger partial charge in [-0.1, -0.05) is 25.1 Å². The van der Waals surface area contributed by atoms with Gasteiger partial charge in [0.1, 0.15) is 0 Å². The van der Waals surface area contributed by atoms with Crippen LogP contribution in [0.25, 0.3) is 0 Å². The van der Waals surface area contributed by atoms with E-state index >= 15 is 0 Å². The lowest BCUT2D eigenvalue weighted by molar-refractivity contribution is -0.00280. The first-order valence-electron chi connectivity index (χ1n) is 7.94. The average Bonchev–Trinajstić information content (AvgIpc) is 2.89. The van der Waals surface area contributed by atoms with Crippen LogP contribution in [0.3, 0.4) is 0 Å². The van der Waals surface area contributed by atoms with E-state index in [0.29, 0.717) is 0 Å². The predicted octanol–water partition coefficient (Wildman–Crippen LogP) is 2.46.